The molecule has 2 aromatic carbocycles. The zero-order valence-electron chi connectivity index (χ0n) is 16.8. The number of sulfonamides is 1. The zero-order chi connectivity index (χ0) is 21.1. The van der Waals surface area contributed by atoms with Crippen molar-refractivity contribution in [3.8, 4) is 0 Å². The van der Waals surface area contributed by atoms with Gasteiger partial charge in [0.15, 0.2) is 0 Å². The van der Waals surface area contributed by atoms with Gasteiger partial charge < -0.3 is 5.32 Å². The standard InChI is InChI=1S/C22H27ClN2O3S/c1-22(2,16-17-9-5-3-6-10-17)24-21(26)19-15-18(11-12-20(19)23)29(27,28)25-13-7-4-8-14-25/h3,5-6,9-12,15H,4,7-8,13-14,16H2,1-2H3,(H,24,26). The first-order valence-electron chi connectivity index (χ1n) is 9.85. The Labute approximate surface area is 178 Å². The molecular formula is C22H27ClN2O3S. The van der Waals surface area contributed by atoms with E-state index in [9.17, 15) is 13.2 Å². The average Bonchev–Trinajstić information content (AvgIpc) is 2.68. The van der Waals surface area contributed by atoms with Crippen molar-refractivity contribution >= 4 is 27.5 Å². The van der Waals surface area contributed by atoms with Crippen LogP contribution in [0.3, 0.4) is 0 Å². The van der Waals surface area contributed by atoms with Crippen LogP contribution in [0.15, 0.2) is 53.4 Å². The predicted molar refractivity (Wildman–Crippen MR) is 116 cm³/mol. The van der Waals surface area contributed by atoms with Crippen molar-refractivity contribution in [1.82, 2.24) is 9.62 Å². The summed E-state index contributed by atoms with van der Waals surface area (Å²) in [4.78, 5) is 13.0. The van der Waals surface area contributed by atoms with E-state index in [4.69, 9.17) is 11.6 Å². The van der Waals surface area contributed by atoms with Crippen LogP contribution < -0.4 is 5.32 Å². The van der Waals surface area contributed by atoms with Gasteiger partial charge in [0.05, 0.1) is 15.5 Å². The van der Waals surface area contributed by atoms with Crippen molar-refractivity contribution in [2.45, 2.75) is 50.0 Å². The highest BCUT2D eigenvalue weighted by Gasteiger charge is 2.28. The van der Waals surface area contributed by atoms with Gasteiger partial charge in [-0.25, -0.2) is 8.42 Å². The van der Waals surface area contributed by atoms with Crippen LogP contribution >= 0.6 is 11.6 Å². The third kappa shape index (κ3) is 5.38. The Balaban J connectivity index is 1.81. The van der Waals surface area contributed by atoms with Gasteiger partial charge in [0, 0.05) is 18.6 Å². The number of nitrogens with one attached hydrogen (secondary N) is 1. The normalized spacial score (nSPS) is 15.8. The maximum atomic E-state index is 13.0. The summed E-state index contributed by atoms with van der Waals surface area (Å²) in [5, 5.41) is 3.22. The van der Waals surface area contributed by atoms with Crippen LogP contribution in [0.25, 0.3) is 0 Å². The van der Waals surface area contributed by atoms with Gasteiger partial charge >= 0.3 is 0 Å². The molecule has 1 N–H and O–H groups in total. The second kappa shape index (κ2) is 8.86. The van der Waals surface area contributed by atoms with E-state index >= 15 is 0 Å². The molecule has 1 aliphatic rings. The van der Waals surface area contributed by atoms with Gasteiger partial charge in [0.1, 0.15) is 0 Å². The van der Waals surface area contributed by atoms with E-state index in [1.165, 1.54) is 22.5 Å². The van der Waals surface area contributed by atoms with Gasteiger partial charge in [-0.15, -0.1) is 0 Å². The number of amides is 1. The quantitative estimate of drug-likeness (QED) is 0.738. The fourth-order valence-corrected chi connectivity index (χ4v) is 5.37. The Hall–Kier alpha value is -1.89. The van der Waals surface area contributed by atoms with Crippen LogP contribution in [0.1, 0.15) is 49.0 Å². The molecule has 3 rings (SSSR count). The molecule has 0 radical (unpaired) electrons. The maximum Gasteiger partial charge on any atom is 0.253 e. The molecule has 0 saturated carbocycles. The lowest BCUT2D eigenvalue weighted by Gasteiger charge is -2.27. The topological polar surface area (TPSA) is 66.5 Å². The van der Waals surface area contributed by atoms with Gasteiger partial charge in [-0.2, -0.15) is 4.31 Å². The smallest absolute Gasteiger partial charge is 0.253 e. The largest absolute Gasteiger partial charge is 0.347 e. The Morgan fingerprint density at radius 2 is 1.72 bits per heavy atom. The van der Waals surface area contributed by atoms with E-state index < -0.39 is 15.6 Å². The Bertz CT molecular complexity index is 969. The van der Waals surface area contributed by atoms with Gasteiger partial charge in [0.2, 0.25) is 10.0 Å². The van der Waals surface area contributed by atoms with Crippen molar-refractivity contribution in [3.63, 3.8) is 0 Å². The number of nitrogens with zero attached hydrogens (tertiary/aromatic N) is 1. The van der Waals surface area contributed by atoms with Crippen LogP contribution in [0.5, 0.6) is 0 Å². The Morgan fingerprint density at radius 3 is 2.38 bits per heavy atom. The minimum atomic E-state index is -3.63. The van der Waals surface area contributed by atoms with Gasteiger partial charge in [-0.1, -0.05) is 48.4 Å². The van der Waals surface area contributed by atoms with Crippen LogP contribution in [0, 0.1) is 0 Å². The summed E-state index contributed by atoms with van der Waals surface area (Å²) in [6, 6.07) is 14.2. The van der Waals surface area contributed by atoms with E-state index in [0.29, 0.717) is 19.5 Å². The number of halogens is 1. The maximum absolute atomic E-state index is 13.0. The molecule has 156 valence electrons. The summed E-state index contributed by atoms with van der Waals surface area (Å²) in [6.07, 6.45) is 3.39. The lowest BCUT2D eigenvalue weighted by atomic mass is 9.94. The summed E-state index contributed by atoms with van der Waals surface area (Å²) >= 11 is 6.25. The van der Waals surface area contributed by atoms with E-state index in [1.807, 2.05) is 44.2 Å². The molecule has 29 heavy (non-hydrogen) atoms. The summed E-state index contributed by atoms with van der Waals surface area (Å²) in [6.45, 7) is 4.88. The third-order valence-electron chi connectivity index (χ3n) is 5.08. The molecule has 7 heteroatoms. The van der Waals surface area contributed by atoms with Crippen LogP contribution in [-0.4, -0.2) is 37.3 Å². The molecule has 5 nitrogen and oxygen atoms in total. The molecule has 1 amide bonds. The van der Waals surface area contributed by atoms with E-state index in [2.05, 4.69) is 5.32 Å². The Kier molecular flexibility index (Phi) is 6.66. The van der Waals surface area contributed by atoms with Crippen LogP contribution in [0.2, 0.25) is 5.02 Å². The summed E-state index contributed by atoms with van der Waals surface area (Å²) in [7, 11) is -3.63. The van der Waals surface area contributed by atoms with Crippen molar-refractivity contribution in [2.24, 2.45) is 0 Å². The minimum Gasteiger partial charge on any atom is -0.347 e. The number of rotatable bonds is 6. The third-order valence-corrected chi connectivity index (χ3v) is 7.30. The molecule has 0 aromatic heterocycles. The summed E-state index contributed by atoms with van der Waals surface area (Å²) in [5.41, 5.74) is 0.750. The highest BCUT2D eigenvalue weighted by molar-refractivity contribution is 7.89. The summed E-state index contributed by atoms with van der Waals surface area (Å²) < 4.78 is 27.4. The molecule has 1 aliphatic heterocycles. The zero-order valence-corrected chi connectivity index (χ0v) is 18.4. The molecule has 2 aromatic rings. The molecule has 1 heterocycles. The van der Waals surface area contributed by atoms with E-state index in [-0.39, 0.29) is 21.4 Å². The lowest BCUT2D eigenvalue weighted by Crippen LogP contribution is -2.45. The molecular weight excluding hydrogens is 408 g/mol. The van der Waals surface area contributed by atoms with Gasteiger partial charge in [0.25, 0.3) is 5.91 Å². The number of benzene rings is 2. The molecule has 0 aliphatic carbocycles. The second-order valence-electron chi connectivity index (χ2n) is 8.11. The average molecular weight is 435 g/mol. The number of carbonyl (C=O) groups excluding carboxylic acids is 1. The highest BCUT2D eigenvalue weighted by atomic mass is 35.5. The van der Waals surface area contributed by atoms with Crippen LogP contribution in [-0.2, 0) is 16.4 Å². The second-order valence-corrected chi connectivity index (χ2v) is 10.5. The summed E-state index contributed by atoms with van der Waals surface area (Å²) in [5.74, 6) is -0.383. The number of hydrogen-bond donors (Lipinski definition) is 1. The molecule has 0 bridgehead atoms. The highest BCUT2D eigenvalue weighted by Crippen LogP contribution is 2.26. The minimum absolute atomic E-state index is 0.106. The molecule has 0 spiro atoms. The van der Waals surface area contributed by atoms with E-state index in [0.717, 1.165) is 24.8 Å². The van der Waals surface area contributed by atoms with Gasteiger partial charge in [-0.3, -0.25) is 4.79 Å². The molecule has 1 fully saturated rings. The van der Waals surface area contributed by atoms with Crippen molar-refractivity contribution in [1.29, 1.82) is 0 Å². The first kappa shape index (κ1) is 21.8. The molecule has 0 unspecified atom stereocenters. The number of carbonyl (C=O) groups is 1. The van der Waals surface area contributed by atoms with Crippen molar-refractivity contribution < 1.29 is 13.2 Å². The fourth-order valence-electron chi connectivity index (χ4n) is 3.62. The first-order valence-corrected chi connectivity index (χ1v) is 11.7. The first-order chi connectivity index (χ1) is 13.7. The van der Waals surface area contributed by atoms with Crippen molar-refractivity contribution in [2.75, 3.05) is 13.1 Å². The van der Waals surface area contributed by atoms with Crippen molar-refractivity contribution in [3.05, 3.63) is 64.7 Å². The fraction of sp³-hybridized carbons (Fsp3) is 0.409. The van der Waals surface area contributed by atoms with Gasteiger partial charge in [-0.05, 0) is 56.9 Å². The number of piperidine rings is 1. The lowest BCUT2D eigenvalue weighted by molar-refractivity contribution is 0.0913. The SMILES string of the molecule is CC(C)(Cc1ccccc1)NC(=O)c1cc(S(=O)(=O)N2CCCCC2)ccc1Cl. The Morgan fingerprint density at radius 1 is 1.07 bits per heavy atom. The predicted octanol–water partition coefficient (Wildman–Crippen LogP) is 4.27. The molecule has 1 saturated heterocycles. The van der Waals surface area contributed by atoms with E-state index in [1.54, 1.807) is 0 Å². The monoisotopic (exact) mass is 434 g/mol. The number of hydrogen-bond acceptors (Lipinski definition) is 3. The molecule has 0 atom stereocenters. The van der Waals surface area contributed by atoms with Crippen LogP contribution in [0.4, 0.5) is 0 Å².